The van der Waals surface area contributed by atoms with Gasteiger partial charge in [-0.3, -0.25) is 14.6 Å². The van der Waals surface area contributed by atoms with Crippen LogP contribution in [0.1, 0.15) is 49.4 Å². The summed E-state index contributed by atoms with van der Waals surface area (Å²) in [5.74, 6) is -4.69. The number of halogens is 3. The Bertz CT molecular complexity index is 1690. The first-order valence-corrected chi connectivity index (χ1v) is 12.7. The highest BCUT2D eigenvalue weighted by Gasteiger charge is 2.30. The Morgan fingerprint density at radius 3 is 2.57 bits per heavy atom. The third kappa shape index (κ3) is 5.86. The maximum atomic E-state index is 14.2. The van der Waals surface area contributed by atoms with Crippen molar-refractivity contribution in [2.24, 2.45) is 5.73 Å². The van der Waals surface area contributed by atoms with Crippen molar-refractivity contribution < 1.29 is 37.0 Å². The molecule has 0 saturated heterocycles. The normalized spacial score (nSPS) is 13.0. The molecule has 0 bridgehead atoms. The number of nitrogens with one attached hydrogen (secondary N) is 1. The third-order valence-electron chi connectivity index (χ3n) is 6.70. The van der Waals surface area contributed by atoms with E-state index in [2.05, 4.69) is 15.4 Å². The lowest BCUT2D eigenvalue weighted by Crippen LogP contribution is -2.34. The molecule has 42 heavy (non-hydrogen) atoms. The van der Waals surface area contributed by atoms with Crippen molar-refractivity contribution in [3.63, 3.8) is 0 Å². The molecule has 0 spiro atoms. The maximum absolute atomic E-state index is 14.2. The highest BCUT2D eigenvalue weighted by Crippen LogP contribution is 2.31. The maximum Gasteiger partial charge on any atom is 0.356 e. The van der Waals surface area contributed by atoms with Crippen LogP contribution in [0.3, 0.4) is 0 Å². The molecule has 3 N–H and O–H groups in total. The van der Waals surface area contributed by atoms with E-state index in [1.807, 2.05) is 0 Å². The summed E-state index contributed by atoms with van der Waals surface area (Å²) in [7, 11) is 1.21. The van der Waals surface area contributed by atoms with Gasteiger partial charge in [0.15, 0.2) is 5.69 Å². The van der Waals surface area contributed by atoms with E-state index < -0.39 is 47.8 Å². The number of esters is 1. The van der Waals surface area contributed by atoms with Gasteiger partial charge in [-0.15, -0.1) is 0 Å². The molecular formula is C29H24F3N5O5. The number of rotatable bonds is 9. The van der Waals surface area contributed by atoms with E-state index in [-0.39, 0.29) is 42.1 Å². The summed E-state index contributed by atoms with van der Waals surface area (Å²) in [6.07, 6.45) is 1.36. The van der Waals surface area contributed by atoms with Crippen LogP contribution in [0, 0.1) is 17.5 Å². The number of nitrogens with zero attached hydrogens (tertiary/aromatic N) is 3. The van der Waals surface area contributed by atoms with Gasteiger partial charge in [-0.25, -0.2) is 22.6 Å². The van der Waals surface area contributed by atoms with E-state index in [1.54, 1.807) is 12.1 Å². The van der Waals surface area contributed by atoms with Crippen molar-refractivity contribution in [1.29, 1.82) is 0 Å². The minimum absolute atomic E-state index is 0.0766. The molecule has 1 atom stereocenters. The van der Waals surface area contributed by atoms with Crippen molar-refractivity contribution in [2.75, 3.05) is 7.11 Å². The molecule has 13 heteroatoms. The Kier molecular flexibility index (Phi) is 8.02. The first-order valence-electron chi connectivity index (χ1n) is 12.7. The number of amides is 2. The molecule has 2 amide bonds. The van der Waals surface area contributed by atoms with E-state index in [9.17, 15) is 27.6 Å². The van der Waals surface area contributed by atoms with E-state index in [0.29, 0.717) is 22.4 Å². The number of carbonyl (C=O) groups is 3. The second kappa shape index (κ2) is 11.8. The lowest BCUT2D eigenvalue weighted by atomic mass is 9.94. The van der Waals surface area contributed by atoms with E-state index in [0.717, 1.165) is 24.3 Å². The largest absolute Gasteiger partial charge is 0.464 e. The Hall–Kier alpha value is -5.04. The summed E-state index contributed by atoms with van der Waals surface area (Å²) in [5.41, 5.74) is 7.35. The first kappa shape index (κ1) is 28.5. The molecule has 0 fully saturated rings. The topological polar surface area (TPSA) is 138 Å². The fourth-order valence-corrected chi connectivity index (χ4v) is 4.88. The van der Waals surface area contributed by atoms with E-state index >= 15 is 0 Å². The van der Waals surface area contributed by atoms with Crippen LogP contribution in [0.5, 0.6) is 0 Å². The highest BCUT2D eigenvalue weighted by atomic mass is 19.1. The Morgan fingerprint density at radius 1 is 1.10 bits per heavy atom. The molecular weight excluding hydrogens is 555 g/mol. The number of ether oxygens (including phenoxy) is 2. The number of hydrogen-bond donors (Lipinski definition) is 2. The van der Waals surface area contributed by atoms with Gasteiger partial charge in [0, 0.05) is 23.4 Å². The molecule has 5 rings (SSSR count). The number of benzene rings is 2. The zero-order chi connectivity index (χ0) is 30.0. The second-order valence-corrected chi connectivity index (χ2v) is 9.51. The smallest absolute Gasteiger partial charge is 0.356 e. The summed E-state index contributed by atoms with van der Waals surface area (Å²) >= 11 is 0. The SMILES string of the molecule is COC(=O)c1c2c(nn1CC(=O)N[C@@H](Cc1cc(F)cc(F)c1)c1ncccc1-c1ccc(F)c(C(N)=O)c1)COC2. The fraction of sp³-hybridized carbons (Fsp3) is 0.207. The summed E-state index contributed by atoms with van der Waals surface area (Å²) in [6, 6.07) is 9.00. The van der Waals surface area contributed by atoms with Gasteiger partial charge in [0.25, 0.3) is 5.91 Å². The molecule has 1 aliphatic rings. The van der Waals surface area contributed by atoms with Gasteiger partial charge >= 0.3 is 5.97 Å². The monoisotopic (exact) mass is 579 g/mol. The standard InChI is InChI=1S/C29H24F3N5O5/c1-41-29(40)27-21-13-42-14-24(21)36-37(27)12-25(38)35-23(9-15-7-17(30)11-18(31)8-15)26-19(3-2-6-34-26)16-4-5-22(32)20(10-16)28(33)39/h2-8,10-11,23H,9,12-14H2,1H3,(H2,33,39)(H,35,38)/t23-/m0/s1. The minimum atomic E-state index is -0.974. The molecule has 2 aromatic heterocycles. The van der Waals surface area contributed by atoms with Crippen molar-refractivity contribution in [3.8, 4) is 11.1 Å². The minimum Gasteiger partial charge on any atom is -0.464 e. The number of pyridine rings is 1. The lowest BCUT2D eigenvalue weighted by Gasteiger charge is -2.22. The molecule has 0 radical (unpaired) electrons. The van der Waals surface area contributed by atoms with Crippen LogP contribution in [0.2, 0.25) is 0 Å². The average Bonchev–Trinajstić information content (AvgIpc) is 3.53. The number of nitrogens with two attached hydrogens (primary N) is 1. The predicted molar refractivity (Wildman–Crippen MR) is 141 cm³/mol. The van der Waals surface area contributed by atoms with Crippen LogP contribution in [0.4, 0.5) is 13.2 Å². The second-order valence-electron chi connectivity index (χ2n) is 9.51. The van der Waals surface area contributed by atoms with Gasteiger partial charge in [0.1, 0.15) is 24.0 Å². The highest BCUT2D eigenvalue weighted by molar-refractivity contribution is 5.94. The van der Waals surface area contributed by atoms with Crippen molar-refractivity contribution >= 4 is 17.8 Å². The molecule has 4 aromatic rings. The van der Waals surface area contributed by atoms with Gasteiger partial charge < -0.3 is 20.5 Å². The summed E-state index contributed by atoms with van der Waals surface area (Å²) < 4.78 is 53.8. The third-order valence-corrected chi connectivity index (χ3v) is 6.70. The van der Waals surface area contributed by atoms with Crippen LogP contribution < -0.4 is 11.1 Å². The number of fused-ring (bicyclic) bond motifs is 1. The Morgan fingerprint density at radius 2 is 1.86 bits per heavy atom. The van der Waals surface area contributed by atoms with Gasteiger partial charge in [-0.05, 0) is 47.9 Å². The molecule has 0 aliphatic carbocycles. The van der Waals surface area contributed by atoms with E-state index in [1.165, 1.54) is 30.1 Å². The molecule has 0 saturated carbocycles. The number of aromatic nitrogens is 3. The molecule has 2 aromatic carbocycles. The van der Waals surface area contributed by atoms with Crippen molar-refractivity contribution in [3.05, 3.63) is 106 Å². The zero-order valence-electron chi connectivity index (χ0n) is 22.2. The Labute approximate surface area is 237 Å². The van der Waals surface area contributed by atoms with Crippen LogP contribution in [0.25, 0.3) is 11.1 Å². The lowest BCUT2D eigenvalue weighted by molar-refractivity contribution is -0.122. The van der Waals surface area contributed by atoms with E-state index in [4.69, 9.17) is 15.2 Å². The van der Waals surface area contributed by atoms with Crippen LogP contribution in [-0.4, -0.2) is 39.7 Å². The molecule has 216 valence electrons. The van der Waals surface area contributed by atoms with Gasteiger partial charge in [-0.2, -0.15) is 5.10 Å². The number of primary amides is 1. The van der Waals surface area contributed by atoms with Crippen LogP contribution in [-0.2, 0) is 40.4 Å². The summed E-state index contributed by atoms with van der Waals surface area (Å²) in [6.45, 7) is -0.0860. The van der Waals surface area contributed by atoms with Crippen molar-refractivity contribution in [2.45, 2.75) is 32.2 Å². The van der Waals surface area contributed by atoms with Gasteiger partial charge in [0.05, 0.1) is 43.3 Å². The average molecular weight is 580 g/mol. The predicted octanol–water partition coefficient (Wildman–Crippen LogP) is 3.38. The fourth-order valence-electron chi connectivity index (χ4n) is 4.88. The quantitative estimate of drug-likeness (QED) is 0.290. The van der Waals surface area contributed by atoms with Crippen molar-refractivity contribution in [1.82, 2.24) is 20.1 Å². The zero-order valence-corrected chi connectivity index (χ0v) is 22.2. The van der Waals surface area contributed by atoms with Gasteiger partial charge in [-0.1, -0.05) is 12.1 Å². The van der Waals surface area contributed by atoms with Crippen LogP contribution in [0.15, 0.2) is 54.7 Å². The first-order chi connectivity index (χ1) is 20.1. The summed E-state index contributed by atoms with van der Waals surface area (Å²) in [4.78, 5) is 42.1. The molecule has 3 heterocycles. The number of methoxy groups -OCH3 is 1. The Balaban J connectivity index is 1.52. The number of carbonyl (C=O) groups excluding carboxylic acids is 3. The summed E-state index contributed by atoms with van der Waals surface area (Å²) in [5, 5.41) is 7.14. The number of hydrogen-bond acceptors (Lipinski definition) is 7. The molecule has 10 nitrogen and oxygen atoms in total. The molecule has 1 aliphatic heterocycles. The van der Waals surface area contributed by atoms with Gasteiger partial charge in [0.2, 0.25) is 5.91 Å². The molecule has 0 unspecified atom stereocenters. The van der Waals surface area contributed by atoms with Crippen LogP contribution >= 0.6 is 0 Å².